The largest absolute Gasteiger partial charge is 0.324 e. The molecule has 0 aromatic carbocycles. The van der Waals surface area contributed by atoms with Crippen molar-refractivity contribution >= 4 is 36.4 Å². The molecule has 108 valence electrons. The number of nitrogens with one attached hydrogen (secondary N) is 2. The summed E-state index contributed by atoms with van der Waals surface area (Å²) in [6.07, 6.45) is 2.04. The zero-order chi connectivity index (χ0) is 12.3. The Morgan fingerprint density at radius 3 is 2.68 bits per heavy atom. The van der Waals surface area contributed by atoms with Crippen LogP contribution in [0, 0.1) is 19.8 Å². The zero-order valence-corrected chi connectivity index (χ0v) is 12.9. The summed E-state index contributed by atoms with van der Waals surface area (Å²) < 4.78 is 0. The van der Waals surface area contributed by atoms with E-state index in [-0.39, 0.29) is 36.6 Å². The standard InChI is InChI=1S/C13H19N3O.2ClH/c1-9-5-6-12(10(2)15-9)16-13(17)11-4-3-7-14-8-11;;/h5-6,11,14H,3-4,7-8H2,1-2H3,(H,16,17);2*1H/t11-;;/m1../s1. The van der Waals surface area contributed by atoms with Gasteiger partial charge in [0.25, 0.3) is 0 Å². The molecule has 2 rings (SSSR count). The Kier molecular flexibility index (Phi) is 7.99. The molecular formula is C13H21Cl2N3O. The average Bonchev–Trinajstić information content (AvgIpc) is 2.34. The second-order valence-electron chi connectivity index (χ2n) is 4.62. The van der Waals surface area contributed by atoms with E-state index in [1.807, 2.05) is 26.0 Å². The summed E-state index contributed by atoms with van der Waals surface area (Å²) in [5.74, 6) is 0.190. The van der Waals surface area contributed by atoms with Gasteiger partial charge in [-0.2, -0.15) is 0 Å². The number of hydrogen-bond donors (Lipinski definition) is 2. The van der Waals surface area contributed by atoms with Crippen molar-refractivity contribution in [2.24, 2.45) is 5.92 Å². The lowest BCUT2D eigenvalue weighted by Crippen LogP contribution is -2.37. The van der Waals surface area contributed by atoms with Gasteiger partial charge in [-0.05, 0) is 45.4 Å². The maximum Gasteiger partial charge on any atom is 0.228 e. The van der Waals surface area contributed by atoms with Crippen molar-refractivity contribution in [2.45, 2.75) is 26.7 Å². The SMILES string of the molecule is Cc1ccc(NC(=O)[C@@H]2CCCNC2)c(C)n1.Cl.Cl. The first-order valence-corrected chi connectivity index (χ1v) is 6.12. The minimum Gasteiger partial charge on any atom is -0.324 e. The second-order valence-corrected chi connectivity index (χ2v) is 4.62. The van der Waals surface area contributed by atoms with E-state index in [1.54, 1.807) is 0 Å². The maximum atomic E-state index is 12.0. The molecule has 0 aliphatic carbocycles. The fraction of sp³-hybridized carbons (Fsp3) is 0.538. The van der Waals surface area contributed by atoms with Crippen molar-refractivity contribution in [3.05, 3.63) is 23.5 Å². The van der Waals surface area contributed by atoms with Crippen molar-refractivity contribution in [2.75, 3.05) is 18.4 Å². The molecule has 1 aromatic heterocycles. The van der Waals surface area contributed by atoms with Gasteiger partial charge in [0.2, 0.25) is 5.91 Å². The van der Waals surface area contributed by atoms with Crippen molar-refractivity contribution in [3.8, 4) is 0 Å². The van der Waals surface area contributed by atoms with E-state index in [2.05, 4.69) is 15.6 Å². The Morgan fingerprint density at radius 2 is 2.11 bits per heavy atom. The minimum absolute atomic E-state index is 0. The number of carbonyl (C=O) groups is 1. The number of aryl methyl sites for hydroxylation is 2. The highest BCUT2D eigenvalue weighted by Gasteiger charge is 2.21. The predicted octanol–water partition coefficient (Wildman–Crippen LogP) is 2.48. The van der Waals surface area contributed by atoms with Gasteiger partial charge < -0.3 is 10.6 Å². The molecular weight excluding hydrogens is 285 g/mol. The molecule has 2 N–H and O–H groups in total. The summed E-state index contributed by atoms with van der Waals surface area (Å²) in [6, 6.07) is 3.84. The molecule has 4 nitrogen and oxygen atoms in total. The molecule has 0 spiro atoms. The van der Waals surface area contributed by atoms with Gasteiger partial charge in [-0.3, -0.25) is 9.78 Å². The van der Waals surface area contributed by atoms with E-state index in [0.29, 0.717) is 0 Å². The van der Waals surface area contributed by atoms with Gasteiger partial charge >= 0.3 is 0 Å². The van der Waals surface area contributed by atoms with Crippen molar-refractivity contribution in [1.82, 2.24) is 10.3 Å². The highest BCUT2D eigenvalue weighted by molar-refractivity contribution is 5.93. The Balaban J connectivity index is 0.00000162. The van der Waals surface area contributed by atoms with Crippen LogP contribution in [0.3, 0.4) is 0 Å². The summed E-state index contributed by atoms with van der Waals surface area (Å²) >= 11 is 0. The number of piperidine rings is 1. The summed E-state index contributed by atoms with van der Waals surface area (Å²) in [4.78, 5) is 16.4. The number of hydrogen-bond acceptors (Lipinski definition) is 3. The zero-order valence-electron chi connectivity index (χ0n) is 11.2. The topological polar surface area (TPSA) is 54.0 Å². The predicted molar refractivity (Wildman–Crippen MR) is 82.4 cm³/mol. The van der Waals surface area contributed by atoms with Gasteiger partial charge in [-0.1, -0.05) is 0 Å². The molecule has 1 aliphatic heterocycles. The number of halogens is 2. The van der Waals surface area contributed by atoms with Gasteiger partial charge in [0.05, 0.1) is 17.3 Å². The Labute approximate surface area is 126 Å². The summed E-state index contributed by atoms with van der Waals surface area (Å²) in [6.45, 7) is 5.67. The number of nitrogens with zero attached hydrogens (tertiary/aromatic N) is 1. The number of rotatable bonds is 2. The monoisotopic (exact) mass is 305 g/mol. The van der Waals surface area contributed by atoms with Gasteiger partial charge in [0, 0.05) is 12.2 Å². The number of carbonyl (C=O) groups excluding carboxylic acids is 1. The number of pyridine rings is 1. The van der Waals surface area contributed by atoms with Gasteiger partial charge in [0.1, 0.15) is 0 Å². The van der Waals surface area contributed by atoms with Gasteiger partial charge in [0.15, 0.2) is 0 Å². The van der Waals surface area contributed by atoms with E-state index in [4.69, 9.17) is 0 Å². The summed E-state index contributed by atoms with van der Waals surface area (Å²) in [5.41, 5.74) is 2.67. The highest BCUT2D eigenvalue weighted by atomic mass is 35.5. The molecule has 0 radical (unpaired) electrons. The molecule has 1 fully saturated rings. The van der Waals surface area contributed by atoms with Gasteiger partial charge in [-0.15, -0.1) is 24.8 Å². The van der Waals surface area contributed by atoms with Crippen molar-refractivity contribution in [3.63, 3.8) is 0 Å². The fourth-order valence-electron chi connectivity index (χ4n) is 2.13. The van der Waals surface area contributed by atoms with E-state index in [9.17, 15) is 4.79 Å². The van der Waals surface area contributed by atoms with Crippen molar-refractivity contribution < 1.29 is 4.79 Å². The molecule has 1 atom stereocenters. The number of amides is 1. The third kappa shape index (κ3) is 4.97. The molecule has 2 heterocycles. The molecule has 1 aliphatic rings. The first-order valence-electron chi connectivity index (χ1n) is 6.12. The Morgan fingerprint density at radius 1 is 1.37 bits per heavy atom. The van der Waals surface area contributed by atoms with Crippen LogP contribution in [0.2, 0.25) is 0 Å². The first-order chi connectivity index (χ1) is 8.16. The van der Waals surface area contributed by atoms with Crippen LogP contribution in [0.25, 0.3) is 0 Å². The summed E-state index contributed by atoms with van der Waals surface area (Å²) in [5, 5.41) is 6.21. The van der Waals surface area contributed by atoms with Crippen LogP contribution in [0.15, 0.2) is 12.1 Å². The third-order valence-corrected chi connectivity index (χ3v) is 3.15. The van der Waals surface area contributed by atoms with Crippen LogP contribution in [0.1, 0.15) is 24.2 Å². The molecule has 0 bridgehead atoms. The van der Waals surface area contributed by atoms with E-state index in [0.717, 1.165) is 43.0 Å². The highest BCUT2D eigenvalue weighted by Crippen LogP contribution is 2.16. The quantitative estimate of drug-likeness (QED) is 0.882. The van der Waals surface area contributed by atoms with Crippen LogP contribution in [0.5, 0.6) is 0 Å². The maximum absolute atomic E-state index is 12.0. The van der Waals surface area contributed by atoms with E-state index >= 15 is 0 Å². The van der Waals surface area contributed by atoms with Gasteiger partial charge in [-0.25, -0.2) is 0 Å². The first kappa shape index (κ1) is 18.2. The third-order valence-electron chi connectivity index (χ3n) is 3.15. The molecule has 0 unspecified atom stereocenters. The van der Waals surface area contributed by atoms with Crippen LogP contribution in [-0.4, -0.2) is 24.0 Å². The van der Waals surface area contributed by atoms with E-state index in [1.165, 1.54) is 0 Å². The fourth-order valence-corrected chi connectivity index (χ4v) is 2.13. The number of anilines is 1. The average molecular weight is 306 g/mol. The lowest BCUT2D eigenvalue weighted by molar-refractivity contribution is -0.120. The molecule has 6 heteroatoms. The molecule has 1 saturated heterocycles. The van der Waals surface area contributed by atoms with Crippen molar-refractivity contribution in [1.29, 1.82) is 0 Å². The Hall–Kier alpha value is -0.840. The normalized spacial score (nSPS) is 17.9. The number of aromatic nitrogens is 1. The molecule has 1 amide bonds. The molecule has 1 aromatic rings. The minimum atomic E-state index is 0. The summed E-state index contributed by atoms with van der Waals surface area (Å²) in [7, 11) is 0. The van der Waals surface area contributed by atoms with Crippen LogP contribution in [0.4, 0.5) is 5.69 Å². The lowest BCUT2D eigenvalue weighted by atomic mass is 9.99. The smallest absolute Gasteiger partial charge is 0.228 e. The van der Waals surface area contributed by atoms with Crippen LogP contribution >= 0.6 is 24.8 Å². The molecule has 0 saturated carbocycles. The molecule has 19 heavy (non-hydrogen) atoms. The lowest BCUT2D eigenvalue weighted by Gasteiger charge is -2.22. The van der Waals surface area contributed by atoms with Crippen LogP contribution in [-0.2, 0) is 4.79 Å². The van der Waals surface area contributed by atoms with E-state index < -0.39 is 0 Å². The second kappa shape index (κ2) is 8.35. The Bertz CT molecular complexity index is 420. The van der Waals surface area contributed by atoms with Crippen LogP contribution < -0.4 is 10.6 Å².